The molecule has 0 aliphatic heterocycles. The number of hydrogen-bond acceptors (Lipinski definition) is 4. The van der Waals surface area contributed by atoms with Crippen molar-refractivity contribution in [2.24, 2.45) is 5.92 Å². The van der Waals surface area contributed by atoms with Crippen molar-refractivity contribution in [3.05, 3.63) is 11.4 Å². The Morgan fingerprint density at radius 3 is 2.53 bits per heavy atom. The second kappa shape index (κ2) is 8.41. The maximum absolute atomic E-state index is 4.71. The Bertz CT molecular complexity index is 391. The van der Waals surface area contributed by atoms with Gasteiger partial charge in [-0.3, -0.25) is 0 Å². The van der Waals surface area contributed by atoms with Gasteiger partial charge < -0.3 is 5.32 Å². The van der Waals surface area contributed by atoms with Gasteiger partial charge in [-0.2, -0.15) is 0 Å². The summed E-state index contributed by atoms with van der Waals surface area (Å²) in [7, 11) is 0. The average molecular weight is 281 g/mol. The molecule has 1 rings (SSSR count). The molecule has 0 aromatic carbocycles. The monoisotopic (exact) mass is 281 g/mol. The lowest BCUT2D eigenvalue weighted by atomic mass is 10.2. The SMILES string of the molecule is CCCc1nc(NCC)c(C)c(SCCC(C)C)n1. The Labute approximate surface area is 122 Å². The van der Waals surface area contributed by atoms with E-state index in [9.17, 15) is 0 Å². The predicted octanol–water partition coefficient (Wildman–Crippen LogP) is 4.31. The highest BCUT2D eigenvalue weighted by molar-refractivity contribution is 7.99. The van der Waals surface area contributed by atoms with E-state index in [0.29, 0.717) is 0 Å². The third-order valence-electron chi connectivity index (χ3n) is 2.90. The second-order valence-corrected chi connectivity index (χ2v) is 6.31. The fourth-order valence-corrected chi connectivity index (χ4v) is 3.01. The summed E-state index contributed by atoms with van der Waals surface area (Å²) in [5, 5.41) is 4.50. The van der Waals surface area contributed by atoms with E-state index in [0.717, 1.165) is 47.7 Å². The molecular weight excluding hydrogens is 254 g/mol. The van der Waals surface area contributed by atoms with Gasteiger partial charge in [0.15, 0.2) is 0 Å². The van der Waals surface area contributed by atoms with Crippen molar-refractivity contribution in [2.45, 2.75) is 58.9 Å². The minimum atomic E-state index is 0.748. The van der Waals surface area contributed by atoms with Crippen LogP contribution < -0.4 is 5.32 Å². The first-order valence-electron chi connectivity index (χ1n) is 7.32. The number of nitrogens with zero attached hydrogens (tertiary/aromatic N) is 2. The summed E-state index contributed by atoms with van der Waals surface area (Å²) in [6.07, 6.45) is 3.27. The molecule has 0 unspecified atom stereocenters. The molecule has 0 bridgehead atoms. The normalized spacial score (nSPS) is 11.1. The smallest absolute Gasteiger partial charge is 0.133 e. The first kappa shape index (κ1) is 16.3. The van der Waals surface area contributed by atoms with Crippen molar-refractivity contribution < 1.29 is 0 Å². The molecular formula is C15H27N3S. The molecule has 1 heterocycles. The highest BCUT2D eigenvalue weighted by atomic mass is 32.2. The van der Waals surface area contributed by atoms with Crippen LogP contribution in [0.25, 0.3) is 0 Å². The van der Waals surface area contributed by atoms with Crippen LogP contribution in [0.1, 0.15) is 51.9 Å². The van der Waals surface area contributed by atoms with Crippen molar-refractivity contribution in [3.63, 3.8) is 0 Å². The molecule has 3 nitrogen and oxygen atoms in total. The van der Waals surface area contributed by atoms with Crippen LogP contribution in [0.3, 0.4) is 0 Å². The van der Waals surface area contributed by atoms with Crippen LogP contribution in [0.2, 0.25) is 0 Å². The van der Waals surface area contributed by atoms with Crippen LogP contribution in [-0.4, -0.2) is 22.3 Å². The Balaban J connectivity index is 2.86. The molecule has 0 fully saturated rings. The van der Waals surface area contributed by atoms with Crippen LogP contribution in [0, 0.1) is 12.8 Å². The lowest BCUT2D eigenvalue weighted by molar-refractivity contribution is 0.631. The van der Waals surface area contributed by atoms with E-state index in [4.69, 9.17) is 4.98 Å². The fraction of sp³-hybridized carbons (Fsp3) is 0.733. The predicted molar refractivity (Wildman–Crippen MR) is 85.1 cm³/mol. The zero-order chi connectivity index (χ0) is 14.3. The molecule has 0 amide bonds. The number of thioether (sulfide) groups is 1. The Hall–Kier alpha value is -0.770. The summed E-state index contributed by atoms with van der Waals surface area (Å²) in [5.41, 5.74) is 1.19. The third kappa shape index (κ3) is 5.39. The molecule has 1 aromatic rings. The summed E-state index contributed by atoms with van der Waals surface area (Å²) >= 11 is 1.86. The summed E-state index contributed by atoms with van der Waals surface area (Å²) in [6, 6.07) is 0. The van der Waals surface area contributed by atoms with E-state index in [1.165, 1.54) is 12.0 Å². The first-order valence-corrected chi connectivity index (χ1v) is 8.31. The Kier molecular flexibility index (Phi) is 7.21. The van der Waals surface area contributed by atoms with Crippen molar-refractivity contribution >= 4 is 17.6 Å². The van der Waals surface area contributed by atoms with Gasteiger partial charge >= 0.3 is 0 Å². The summed E-state index contributed by atoms with van der Waals surface area (Å²) in [5.74, 6) is 3.86. The second-order valence-electron chi connectivity index (χ2n) is 5.23. The van der Waals surface area contributed by atoms with Crippen molar-refractivity contribution in [1.29, 1.82) is 0 Å². The standard InChI is InChI=1S/C15H27N3S/c1-6-8-13-17-14(16-7-2)12(5)15(18-13)19-10-9-11(3)4/h11H,6-10H2,1-5H3,(H,16,17,18). The molecule has 1 N–H and O–H groups in total. The van der Waals surface area contributed by atoms with Crippen LogP contribution in [0.5, 0.6) is 0 Å². The summed E-state index contributed by atoms with van der Waals surface area (Å²) in [4.78, 5) is 9.33. The molecule has 4 heteroatoms. The van der Waals surface area contributed by atoms with Gasteiger partial charge in [0.05, 0.1) is 0 Å². The quantitative estimate of drug-likeness (QED) is 0.569. The number of hydrogen-bond donors (Lipinski definition) is 1. The summed E-state index contributed by atoms with van der Waals surface area (Å²) in [6.45, 7) is 11.8. The molecule has 0 aliphatic rings. The Morgan fingerprint density at radius 1 is 1.21 bits per heavy atom. The van der Waals surface area contributed by atoms with E-state index in [1.807, 2.05) is 11.8 Å². The van der Waals surface area contributed by atoms with Crippen molar-refractivity contribution in [2.75, 3.05) is 17.6 Å². The van der Waals surface area contributed by atoms with Gasteiger partial charge in [0.25, 0.3) is 0 Å². The van der Waals surface area contributed by atoms with E-state index >= 15 is 0 Å². The minimum Gasteiger partial charge on any atom is -0.370 e. The van der Waals surface area contributed by atoms with Crippen LogP contribution in [-0.2, 0) is 6.42 Å². The van der Waals surface area contributed by atoms with E-state index in [-0.39, 0.29) is 0 Å². The summed E-state index contributed by atoms with van der Waals surface area (Å²) < 4.78 is 0. The van der Waals surface area contributed by atoms with E-state index in [1.54, 1.807) is 0 Å². The number of rotatable bonds is 8. The lowest BCUT2D eigenvalue weighted by Crippen LogP contribution is -2.08. The molecule has 0 radical (unpaired) electrons. The lowest BCUT2D eigenvalue weighted by Gasteiger charge is -2.13. The highest BCUT2D eigenvalue weighted by Crippen LogP contribution is 2.26. The molecule has 0 aliphatic carbocycles. The number of aromatic nitrogens is 2. The maximum atomic E-state index is 4.71. The molecule has 1 aromatic heterocycles. The molecule has 0 atom stereocenters. The molecule has 0 saturated carbocycles. The van der Waals surface area contributed by atoms with Crippen molar-refractivity contribution in [1.82, 2.24) is 9.97 Å². The minimum absolute atomic E-state index is 0.748. The van der Waals surface area contributed by atoms with Gasteiger partial charge in [-0.25, -0.2) is 9.97 Å². The molecule has 19 heavy (non-hydrogen) atoms. The van der Waals surface area contributed by atoms with E-state index < -0.39 is 0 Å². The molecule has 0 spiro atoms. The maximum Gasteiger partial charge on any atom is 0.133 e. The van der Waals surface area contributed by atoms with Crippen LogP contribution in [0.4, 0.5) is 5.82 Å². The van der Waals surface area contributed by atoms with Gasteiger partial charge in [0.1, 0.15) is 16.7 Å². The van der Waals surface area contributed by atoms with Gasteiger partial charge in [0, 0.05) is 18.5 Å². The van der Waals surface area contributed by atoms with Crippen LogP contribution >= 0.6 is 11.8 Å². The van der Waals surface area contributed by atoms with E-state index in [2.05, 4.69) is 44.9 Å². The molecule has 108 valence electrons. The highest BCUT2D eigenvalue weighted by Gasteiger charge is 2.10. The van der Waals surface area contributed by atoms with Gasteiger partial charge in [-0.15, -0.1) is 11.8 Å². The number of nitrogens with one attached hydrogen (secondary N) is 1. The van der Waals surface area contributed by atoms with Gasteiger partial charge in [-0.1, -0.05) is 20.8 Å². The topological polar surface area (TPSA) is 37.8 Å². The largest absolute Gasteiger partial charge is 0.370 e. The zero-order valence-electron chi connectivity index (χ0n) is 12.9. The van der Waals surface area contributed by atoms with Crippen molar-refractivity contribution in [3.8, 4) is 0 Å². The zero-order valence-corrected chi connectivity index (χ0v) is 13.7. The van der Waals surface area contributed by atoms with Gasteiger partial charge in [0.2, 0.25) is 0 Å². The first-order chi connectivity index (χ1) is 9.08. The Morgan fingerprint density at radius 2 is 1.95 bits per heavy atom. The fourth-order valence-electron chi connectivity index (χ4n) is 1.75. The van der Waals surface area contributed by atoms with Crippen LogP contribution in [0.15, 0.2) is 5.03 Å². The number of anilines is 1. The number of aryl methyl sites for hydroxylation is 1. The van der Waals surface area contributed by atoms with Gasteiger partial charge in [-0.05, 0) is 38.4 Å². The average Bonchev–Trinajstić information content (AvgIpc) is 2.34. The third-order valence-corrected chi connectivity index (χ3v) is 4.01. The molecule has 0 saturated heterocycles.